The molecule has 2 aromatic rings. The minimum Gasteiger partial charge on any atom is -0.500 e. The van der Waals surface area contributed by atoms with Crippen molar-refractivity contribution in [3.63, 3.8) is 0 Å². The monoisotopic (exact) mass is 492 g/mol. The van der Waals surface area contributed by atoms with Gasteiger partial charge >= 0.3 is 0 Å². The van der Waals surface area contributed by atoms with Gasteiger partial charge < -0.3 is 9.64 Å². The van der Waals surface area contributed by atoms with Gasteiger partial charge in [-0.25, -0.2) is 8.78 Å². The molecule has 3 unspecified atom stereocenters. The Morgan fingerprint density at radius 1 is 0.806 bits per heavy atom. The van der Waals surface area contributed by atoms with E-state index in [0.29, 0.717) is 5.92 Å². The van der Waals surface area contributed by atoms with Crippen molar-refractivity contribution in [1.29, 1.82) is 0 Å². The smallest absolute Gasteiger partial charge is 0.123 e. The molecule has 192 valence electrons. The fraction of sp³-hybridized carbons (Fsp3) is 0.419. The van der Waals surface area contributed by atoms with Crippen LogP contribution in [0, 0.1) is 23.5 Å². The Kier molecular flexibility index (Phi) is 7.99. The van der Waals surface area contributed by atoms with Gasteiger partial charge in [0.1, 0.15) is 17.4 Å². The minimum atomic E-state index is -0.256. The van der Waals surface area contributed by atoms with Gasteiger partial charge in [-0.05, 0) is 79.8 Å². The lowest BCUT2D eigenvalue weighted by Gasteiger charge is -2.50. The predicted octanol–water partition coefficient (Wildman–Crippen LogP) is 7.10. The number of allylic oxidation sites excluding steroid dienone is 4. The van der Waals surface area contributed by atoms with Crippen LogP contribution in [0.4, 0.5) is 8.78 Å². The van der Waals surface area contributed by atoms with Crippen molar-refractivity contribution in [3.8, 4) is 0 Å². The summed E-state index contributed by atoms with van der Waals surface area (Å²) in [6, 6.07) is 13.8. The maximum Gasteiger partial charge on any atom is 0.123 e. The first-order chi connectivity index (χ1) is 17.2. The van der Waals surface area contributed by atoms with E-state index in [1.54, 1.807) is 7.11 Å². The molecule has 3 atom stereocenters. The lowest BCUT2D eigenvalue weighted by atomic mass is 9.93. The quantitative estimate of drug-likeness (QED) is 0.428. The zero-order chi connectivity index (χ0) is 26.0. The molecule has 1 aliphatic heterocycles. The first kappa shape index (κ1) is 26.2. The topological polar surface area (TPSA) is 15.7 Å². The first-order valence-corrected chi connectivity index (χ1v) is 12.9. The highest BCUT2D eigenvalue weighted by atomic mass is 19.1. The molecule has 36 heavy (non-hydrogen) atoms. The molecular formula is C31H38F2N2O. The van der Waals surface area contributed by atoms with E-state index in [4.69, 9.17) is 4.74 Å². The van der Waals surface area contributed by atoms with Crippen molar-refractivity contribution in [2.75, 3.05) is 20.2 Å². The SMILES string of the molecule is COC1=CC(C(C)C)=CC=C(N2C(C)CN(C(c3ccc(F)cc3)c3ccc(F)cc3)CC2C)C1C. The number of hydrogen-bond donors (Lipinski definition) is 0. The highest BCUT2D eigenvalue weighted by Gasteiger charge is 2.37. The summed E-state index contributed by atoms with van der Waals surface area (Å²) in [5.41, 5.74) is 4.54. The van der Waals surface area contributed by atoms with Gasteiger partial charge in [0.05, 0.1) is 19.1 Å². The Balaban J connectivity index is 1.66. The molecule has 0 saturated carbocycles. The third-order valence-corrected chi connectivity index (χ3v) is 7.51. The van der Waals surface area contributed by atoms with Crippen LogP contribution in [0.1, 0.15) is 51.8 Å². The second-order valence-electron chi connectivity index (χ2n) is 10.5. The van der Waals surface area contributed by atoms with E-state index >= 15 is 0 Å². The van der Waals surface area contributed by atoms with Crippen LogP contribution in [0.3, 0.4) is 0 Å². The zero-order valence-corrected chi connectivity index (χ0v) is 22.2. The standard InChI is InChI=1S/C31H38F2N2O/c1-20(2)26-11-16-29(23(5)30(17-26)36-6)35-21(3)18-34(19-22(35)4)31(24-7-12-27(32)13-8-24)25-9-14-28(33)15-10-25/h7-17,20-23,31H,18-19H2,1-6H3. The summed E-state index contributed by atoms with van der Waals surface area (Å²) >= 11 is 0. The molecule has 1 aliphatic carbocycles. The van der Waals surface area contributed by atoms with E-state index in [2.05, 4.69) is 62.6 Å². The van der Waals surface area contributed by atoms with Crippen molar-refractivity contribution in [1.82, 2.24) is 9.80 Å². The van der Waals surface area contributed by atoms with E-state index in [0.717, 1.165) is 30.0 Å². The molecule has 0 radical (unpaired) electrons. The summed E-state index contributed by atoms with van der Waals surface area (Å²) in [6.45, 7) is 12.8. The molecule has 2 aliphatic rings. The summed E-state index contributed by atoms with van der Waals surface area (Å²) in [7, 11) is 1.75. The van der Waals surface area contributed by atoms with Gasteiger partial charge in [0, 0.05) is 30.9 Å². The van der Waals surface area contributed by atoms with Gasteiger partial charge in [0.15, 0.2) is 0 Å². The molecule has 1 saturated heterocycles. The van der Waals surface area contributed by atoms with Gasteiger partial charge in [0.25, 0.3) is 0 Å². The Morgan fingerprint density at radius 2 is 1.31 bits per heavy atom. The fourth-order valence-corrected chi connectivity index (χ4v) is 5.70. The van der Waals surface area contributed by atoms with Crippen LogP contribution in [0.25, 0.3) is 0 Å². The minimum absolute atomic E-state index is 0.0827. The van der Waals surface area contributed by atoms with Crippen molar-refractivity contribution in [2.45, 2.75) is 52.7 Å². The number of piperazine rings is 1. The van der Waals surface area contributed by atoms with Gasteiger partial charge in [-0.1, -0.05) is 44.2 Å². The summed E-state index contributed by atoms with van der Waals surface area (Å²) in [6.07, 6.45) is 6.68. The molecule has 1 fully saturated rings. The summed E-state index contributed by atoms with van der Waals surface area (Å²) in [5, 5.41) is 0. The third kappa shape index (κ3) is 5.41. The summed E-state index contributed by atoms with van der Waals surface area (Å²) < 4.78 is 33.3. The number of halogens is 2. The number of benzene rings is 2. The van der Waals surface area contributed by atoms with Crippen LogP contribution in [0.2, 0.25) is 0 Å². The maximum atomic E-state index is 13.7. The molecule has 1 heterocycles. The van der Waals surface area contributed by atoms with Crippen molar-refractivity contribution >= 4 is 0 Å². The number of methoxy groups -OCH3 is 1. The molecule has 4 rings (SSSR count). The van der Waals surface area contributed by atoms with E-state index < -0.39 is 0 Å². The van der Waals surface area contributed by atoms with Crippen LogP contribution >= 0.6 is 0 Å². The number of hydrogen-bond acceptors (Lipinski definition) is 3. The highest BCUT2D eigenvalue weighted by molar-refractivity contribution is 5.37. The highest BCUT2D eigenvalue weighted by Crippen LogP contribution is 2.37. The van der Waals surface area contributed by atoms with Crippen LogP contribution in [-0.2, 0) is 4.74 Å². The Morgan fingerprint density at radius 3 is 1.75 bits per heavy atom. The van der Waals surface area contributed by atoms with Crippen LogP contribution in [0.5, 0.6) is 0 Å². The molecule has 3 nitrogen and oxygen atoms in total. The van der Waals surface area contributed by atoms with Crippen molar-refractivity contribution in [3.05, 3.63) is 107 Å². The lowest BCUT2D eigenvalue weighted by molar-refractivity contribution is 0.0400. The summed E-state index contributed by atoms with van der Waals surface area (Å²) in [4.78, 5) is 4.97. The second kappa shape index (κ2) is 11.0. The Labute approximate surface area is 214 Å². The number of ether oxygens (including phenoxy) is 1. The van der Waals surface area contributed by atoms with Crippen LogP contribution in [0.15, 0.2) is 83.8 Å². The Hall–Kier alpha value is -2.92. The normalized spacial score (nSPS) is 23.3. The third-order valence-electron chi connectivity index (χ3n) is 7.51. The largest absolute Gasteiger partial charge is 0.500 e. The molecular weight excluding hydrogens is 454 g/mol. The molecule has 0 spiro atoms. The lowest BCUT2D eigenvalue weighted by Crippen LogP contribution is -2.57. The zero-order valence-electron chi connectivity index (χ0n) is 22.2. The maximum absolute atomic E-state index is 13.7. The van der Waals surface area contributed by atoms with Crippen molar-refractivity contribution < 1.29 is 13.5 Å². The van der Waals surface area contributed by atoms with Gasteiger partial charge in [-0.2, -0.15) is 0 Å². The molecule has 5 heteroatoms. The average molecular weight is 493 g/mol. The molecule has 0 bridgehead atoms. The van der Waals surface area contributed by atoms with E-state index in [9.17, 15) is 8.78 Å². The average Bonchev–Trinajstić information content (AvgIpc) is 3.00. The van der Waals surface area contributed by atoms with Crippen molar-refractivity contribution in [2.24, 2.45) is 11.8 Å². The molecule has 2 aromatic carbocycles. The van der Waals surface area contributed by atoms with E-state index in [1.165, 1.54) is 35.5 Å². The number of nitrogens with zero attached hydrogens (tertiary/aromatic N) is 2. The summed E-state index contributed by atoms with van der Waals surface area (Å²) in [5.74, 6) is 1.03. The van der Waals surface area contributed by atoms with Gasteiger partial charge in [0.2, 0.25) is 0 Å². The molecule has 0 amide bonds. The predicted molar refractivity (Wildman–Crippen MR) is 142 cm³/mol. The van der Waals surface area contributed by atoms with E-state index in [1.807, 2.05) is 24.3 Å². The fourth-order valence-electron chi connectivity index (χ4n) is 5.70. The van der Waals surface area contributed by atoms with Crippen LogP contribution < -0.4 is 0 Å². The molecule has 0 N–H and O–H groups in total. The van der Waals surface area contributed by atoms with Crippen LogP contribution in [-0.4, -0.2) is 42.1 Å². The second-order valence-corrected chi connectivity index (χ2v) is 10.5. The van der Waals surface area contributed by atoms with Gasteiger partial charge in [-0.3, -0.25) is 4.90 Å². The molecule has 0 aromatic heterocycles. The van der Waals surface area contributed by atoms with Gasteiger partial charge in [-0.15, -0.1) is 0 Å². The first-order valence-electron chi connectivity index (χ1n) is 12.9. The number of rotatable bonds is 6. The Bertz CT molecular complexity index is 1080. The van der Waals surface area contributed by atoms with E-state index in [-0.39, 0.29) is 35.7 Å².